The van der Waals surface area contributed by atoms with Crippen LogP contribution < -0.4 is 5.32 Å². The molecule has 0 fully saturated rings. The maximum absolute atomic E-state index is 14.3. The topological polar surface area (TPSA) is 29.9 Å². The van der Waals surface area contributed by atoms with Gasteiger partial charge in [-0.25, -0.2) is 4.39 Å². The zero-order chi connectivity index (χ0) is 14.5. The largest absolute Gasteiger partial charge is 0.306 e. The number of benzene rings is 1. The summed E-state index contributed by atoms with van der Waals surface area (Å²) in [7, 11) is 0. The molecule has 1 heterocycles. The smallest absolute Gasteiger partial charge is 0.142 e. The average molecular weight is 340 g/mol. The summed E-state index contributed by atoms with van der Waals surface area (Å²) in [6.45, 7) is 5.76. The van der Waals surface area contributed by atoms with Crippen LogP contribution in [0.4, 0.5) is 4.39 Å². The van der Waals surface area contributed by atoms with Crippen LogP contribution in [0, 0.1) is 5.82 Å². The summed E-state index contributed by atoms with van der Waals surface area (Å²) in [6.07, 6.45) is 4.82. The van der Waals surface area contributed by atoms with Gasteiger partial charge >= 0.3 is 0 Å². The van der Waals surface area contributed by atoms with Crippen molar-refractivity contribution in [3.8, 4) is 0 Å². The van der Waals surface area contributed by atoms with E-state index in [1.54, 1.807) is 6.07 Å². The number of rotatable bonds is 6. The Kier molecular flexibility index (Phi) is 5.31. The van der Waals surface area contributed by atoms with Crippen molar-refractivity contribution in [2.75, 3.05) is 6.54 Å². The van der Waals surface area contributed by atoms with Gasteiger partial charge in [0.1, 0.15) is 5.82 Å². The lowest BCUT2D eigenvalue weighted by atomic mass is 10.0. The van der Waals surface area contributed by atoms with Gasteiger partial charge in [0, 0.05) is 23.9 Å². The van der Waals surface area contributed by atoms with Crippen molar-refractivity contribution in [1.82, 2.24) is 15.1 Å². The van der Waals surface area contributed by atoms with Crippen molar-refractivity contribution in [1.29, 1.82) is 0 Å². The highest BCUT2D eigenvalue weighted by molar-refractivity contribution is 9.10. The first kappa shape index (κ1) is 15.2. The first-order valence-electron chi connectivity index (χ1n) is 6.87. The van der Waals surface area contributed by atoms with Crippen LogP contribution in [0.2, 0.25) is 0 Å². The van der Waals surface area contributed by atoms with Gasteiger partial charge in [-0.2, -0.15) is 5.10 Å². The average Bonchev–Trinajstić information content (AvgIpc) is 2.88. The minimum atomic E-state index is -0.221. The van der Waals surface area contributed by atoms with Crippen LogP contribution in [0.15, 0.2) is 35.1 Å². The van der Waals surface area contributed by atoms with Gasteiger partial charge in [-0.1, -0.05) is 26.0 Å². The Balaban J connectivity index is 2.36. The molecule has 0 saturated heterocycles. The van der Waals surface area contributed by atoms with E-state index in [1.807, 2.05) is 36.1 Å². The molecule has 0 aliphatic rings. The fourth-order valence-electron chi connectivity index (χ4n) is 2.23. The summed E-state index contributed by atoms with van der Waals surface area (Å²) in [4.78, 5) is 0. The summed E-state index contributed by atoms with van der Waals surface area (Å²) in [5, 5.41) is 7.65. The predicted octanol–water partition coefficient (Wildman–Crippen LogP) is 3.89. The van der Waals surface area contributed by atoms with E-state index in [9.17, 15) is 4.39 Å². The highest BCUT2D eigenvalue weighted by Crippen LogP contribution is 2.28. The molecule has 0 aliphatic heterocycles. The Labute approximate surface area is 127 Å². The molecular weight excluding hydrogens is 321 g/mol. The van der Waals surface area contributed by atoms with Crippen LogP contribution in [-0.2, 0) is 6.54 Å². The van der Waals surface area contributed by atoms with Crippen molar-refractivity contribution < 1.29 is 4.39 Å². The van der Waals surface area contributed by atoms with E-state index in [4.69, 9.17) is 0 Å². The third-order valence-corrected chi connectivity index (χ3v) is 3.75. The Hall–Kier alpha value is -1.20. The predicted molar refractivity (Wildman–Crippen MR) is 82.1 cm³/mol. The number of halogens is 2. The third-order valence-electron chi connectivity index (χ3n) is 3.14. The van der Waals surface area contributed by atoms with E-state index in [0.29, 0.717) is 10.0 Å². The van der Waals surface area contributed by atoms with E-state index in [2.05, 4.69) is 33.3 Å². The zero-order valence-corrected chi connectivity index (χ0v) is 13.3. The highest BCUT2D eigenvalue weighted by atomic mass is 79.9. The van der Waals surface area contributed by atoms with Crippen LogP contribution in [0.1, 0.15) is 37.4 Å². The van der Waals surface area contributed by atoms with Crippen LogP contribution >= 0.6 is 15.9 Å². The quantitative estimate of drug-likeness (QED) is 0.865. The fraction of sp³-hybridized carbons (Fsp3) is 0.400. The first-order valence-corrected chi connectivity index (χ1v) is 7.66. The number of hydrogen-bond acceptors (Lipinski definition) is 2. The molecule has 20 heavy (non-hydrogen) atoms. The lowest BCUT2D eigenvalue weighted by Gasteiger charge is -2.18. The molecule has 1 aromatic heterocycles. The molecule has 108 valence electrons. The Morgan fingerprint density at radius 3 is 2.90 bits per heavy atom. The molecule has 1 atom stereocenters. The standard InChI is InChI=1S/C15H19BrFN3/c1-3-8-20-10-11(9-19-20)15(18-4-2)12-6-5-7-13(16)14(12)17/h5-7,9-10,15,18H,3-4,8H2,1-2H3. The van der Waals surface area contributed by atoms with E-state index >= 15 is 0 Å². The van der Waals surface area contributed by atoms with Gasteiger partial charge in [0.05, 0.1) is 16.7 Å². The number of hydrogen-bond donors (Lipinski definition) is 1. The maximum Gasteiger partial charge on any atom is 0.142 e. The summed E-state index contributed by atoms with van der Waals surface area (Å²) < 4.78 is 16.7. The lowest BCUT2D eigenvalue weighted by molar-refractivity contribution is 0.553. The zero-order valence-electron chi connectivity index (χ0n) is 11.7. The minimum Gasteiger partial charge on any atom is -0.306 e. The molecule has 2 aromatic rings. The van der Waals surface area contributed by atoms with E-state index < -0.39 is 0 Å². The molecule has 3 nitrogen and oxygen atoms in total. The van der Waals surface area contributed by atoms with Crippen LogP contribution in [0.25, 0.3) is 0 Å². The van der Waals surface area contributed by atoms with Crippen LogP contribution in [-0.4, -0.2) is 16.3 Å². The van der Waals surface area contributed by atoms with Gasteiger partial charge in [0.15, 0.2) is 0 Å². The first-order chi connectivity index (χ1) is 9.67. The fourth-order valence-corrected chi connectivity index (χ4v) is 2.62. The molecule has 0 radical (unpaired) electrons. The molecule has 5 heteroatoms. The summed E-state index contributed by atoms with van der Waals surface area (Å²) in [5.74, 6) is -0.221. The van der Waals surface area contributed by atoms with Crippen LogP contribution in [0.3, 0.4) is 0 Å². The third kappa shape index (κ3) is 3.27. The molecule has 1 unspecified atom stereocenters. The summed E-state index contributed by atoms with van der Waals surface area (Å²) in [6, 6.07) is 5.19. The van der Waals surface area contributed by atoms with Crippen LogP contribution in [0.5, 0.6) is 0 Å². The normalized spacial score (nSPS) is 12.6. The Bertz CT molecular complexity index is 568. The Morgan fingerprint density at radius 2 is 2.20 bits per heavy atom. The number of aryl methyl sites for hydroxylation is 1. The van der Waals surface area contributed by atoms with E-state index in [0.717, 1.165) is 25.1 Å². The molecule has 0 saturated carbocycles. The molecule has 1 N–H and O–H groups in total. The van der Waals surface area contributed by atoms with Gasteiger partial charge in [-0.05, 0) is 35.0 Å². The second-order valence-electron chi connectivity index (χ2n) is 4.67. The van der Waals surface area contributed by atoms with Gasteiger partial charge in [0.2, 0.25) is 0 Å². The van der Waals surface area contributed by atoms with Gasteiger partial charge < -0.3 is 5.32 Å². The molecule has 0 amide bonds. The second kappa shape index (κ2) is 6.99. The lowest BCUT2D eigenvalue weighted by Crippen LogP contribution is -2.22. The highest BCUT2D eigenvalue weighted by Gasteiger charge is 2.19. The maximum atomic E-state index is 14.3. The van der Waals surface area contributed by atoms with Crippen molar-refractivity contribution in [2.24, 2.45) is 0 Å². The molecular formula is C15H19BrFN3. The minimum absolute atomic E-state index is 0.178. The summed E-state index contributed by atoms with van der Waals surface area (Å²) in [5.41, 5.74) is 1.62. The second-order valence-corrected chi connectivity index (χ2v) is 5.52. The summed E-state index contributed by atoms with van der Waals surface area (Å²) >= 11 is 3.24. The molecule has 0 aliphatic carbocycles. The van der Waals surface area contributed by atoms with Crippen molar-refractivity contribution in [3.63, 3.8) is 0 Å². The molecule has 0 spiro atoms. The molecule has 1 aromatic carbocycles. The van der Waals surface area contributed by atoms with Crippen molar-refractivity contribution >= 4 is 15.9 Å². The monoisotopic (exact) mass is 339 g/mol. The molecule has 2 rings (SSSR count). The van der Waals surface area contributed by atoms with Gasteiger partial charge in [-0.15, -0.1) is 0 Å². The van der Waals surface area contributed by atoms with Gasteiger partial charge in [-0.3, -0.25) is 4.68 Å². The number of aromatic nitrogens is 2. The van der Waals surface area contributed by atoms with Gasteiger partial charge in [0.25, 0.3) is 0 Å². The number of nitrogens with one attached hydrogen (secondary N) is 1. The van der Waals surface area contributed by atoms with E-state index in [1.165, 1.54) is 0 Å². The Morgan fingerprint density at radius 1 is 1.40 bits per heavy atom. The SMILES string of the molecule is CCCn1cc(C(NCC)c2cccc(Br)c2F)cn1. The number of nitrogens with zero attached hydrogens (tertiary/aromatic N) is 2. The van der Waals surface area contributed by atoms with E-state index in [-0.39, 0.29) is 11.9 Å². The molecule has 0 bridgehead atoms. The van der Waals surface area contributed by atoms with Crippen molar-refractivity contribution in [2.45, 2.75) is 32.9 Å². The van der Waals surface area contributed by atoms with Crippen molar-refractivity contribution in [3.05, 3.63) is 52.0 Å².